The van der Waals surface area contributed by atoms with Crippen LogP contribution in [-0.4, -0.2) is 45.1 Å². The lowest BCUT2D eigenvalue weighted by Crippen LogP contribution is -2.23. The minimum Gasteiger partial charge on any atom is -0.497 e. The topological polar surface area (TPSA) is 140 Å². The summed E-state index contributed by atoms with van der Waals surface area (Å²) in [5.74, 6) is 0.259. The molecule has 42 heavy (non-hydrogen) atoms. The van der Waals surface area contributed by atoms with Gasteiger partial charge in [-0.15, -0.1) is 0 Å². The molecule has 12 heteroatoms. The van der Waals surface area contributed by atoms with Crippen LogP contribution in [0.5, 0.6) is 5.75 Å². The van der Waals surface area contributed by atoms with E-state index in [4.69, 9.17) is 18.8 Å². The van der Waals surface area contributed by atoms with E-state index in [1.54, 1.807) is 77.0 Å². The second-order valence-corrected chi connectivity index (χ2v) is 11.8. The molecule has 1 aromatic carbocycles. The van der Waals surface area contributed by atoms with Crippen LogP contribution >= 0.6 is 7.82 Å². The molecule has 0 radical (unpaired) electrons. The molecule has 0 aliphatic heterocycles. The number of carbonyl (C=O) groups excluding carboxylic acids is 1. The van der Waals surface area contributed by atoms with Crippen molar-refractivity contribution in [3.63, 3.8) is 0 Å². The lowest BCUT2D eigenvalue weighted by atomic mass is 10.0. The second kappa shape index (κ2) is 11.9. The van der Waals surface area contributed by atoms with Crippen LogP contribution in [0.15, 0.2) is 67.6 Å². The molecule has 0 aliphatic rings. The third kappa shape index (κ3) is 6.75. The molecule has 0 spiro atoms. The number of fused-ring (bicyclic) bond motifs is 1. The first-order valence-corrected chi connectivity index (χ1v) is 14.4. The Morgan fingerprint density at radius 3 is 2.57 bits per heavy atom. The summed E-state index contributed by atoms with van der Waals surface area (Å²) in [6, 6.07) is 12.8. The maximum Gasteiger partial charge on any atom is 0.474 e. The molecule has 0 aliphatic carbocycles. The first-order chi connectivity index (χ1) is 19.7. The molecule has 3 heterocycles. The highest BCUT2D eigenvalue weighted by Crippen LogP contribution is 2.50. The van der Waals surface area contributed by atoms with Gasteiger partial charge in [0.15, 0.2) is 0 Å². The zero-order valence-corrected chi connectivity index (χ0v) is 25.1. The van der Waals surface area contributed by atoms with Crippen LogP contribution in [0.25, 0.3) is 33.3 Å². The molecule has 4 rings (SSSR count). The number of aromatic nitrogens is 3. The van der Waals surface area contributed by atoms with Crippen molar-refractivity contribution >= 4 is 30.5 Å². The van der Waals surface area contributed by atoms with Gasteiger partial charge in [0.2, 0.25) is 5.91 Å². The SMILES string of the molecule is C=CC(=O)N(C)c1cc(OC)cc(-c2cnc3c(c2)c(-c2ccnc(C#N)c2)cn3C(C)OP(=O)(O)OC(C)(C)C)c1. The molecule has 2 atom stereocenters. The van der Waals surface area contributed by atoms with E-state index < -0.39 is 19.7 Å². The minimum atomic E-state index is -4.44. The predicted octanol–water partition coefficient (Wildman–Crippen LogP) is 6.24. The number of carbonyl (C=O) groups is 1. The summed E-state index contributed by atoms with van der Waals surface area (Å²) in [5.41, 5.74) is 3.22. The van der Waals surface area contributed by atoms with E-state index in [1.165, 1.54) is 17.2 Å². The number of anilines is 1. The van der Waals surface area contributed by atoms with E-state index in [0.29, 0.717) is 39.2 Å². The normalized spacial score (nSPS) is 13.7. The Labute approximate surface area is 244 Å². The molecule has 0 bridgehead atoms. The first kappa shape index (κ1) is 30.6. The number of nitriles is 1. The third-order valence-corrected chi connectivity index (χ3v) is 7.62. The van der Waals surface area contributed by atoms with Gasteiger partial charge in [0.05, 0.1) is 12.7 Å². The van der Waals surface area contributed by atoms with Crippen molar-refractivity contribution in [2.45, 2.75) is 39.5 Å². The summed E-state index contributed by atoms with van der Waals surface area (Å²) in [6.07, 6.45) is 5.21. The van der Waals surface area contributed by atoms with Crippen molar-refractivity contribution in [3.05, 3.63) is 73.3 Å². The molecular weight excluding hydrogens is 557 g/mol. The summed E-state index contributed by atoms with van der Waals surface area (Å²) in [4.78, 5) is 32.9. The molecular formula is C30H32N5O6P. The Balaban J connectivity index is 1.89. The Hall–Kier alpha value is -4.33. The Morgan fingerprint density at radius 2 is 1.93 bits per heavy atom. The number of likely N-dealkylation sites (N-methyl/N-ethyl adjacent to an activating group) is 1. The Bertz CT molecular complexity index is 1750. The lowest BCUT2D eigenvalue weighted by molar-refractivity contribution is -0.113. The van der Waals surface area contributed by atoms with Crippen LogP contribution in [-0.2, 0) is 18.4 Å². The number of amides is 1. The highest BCUT2D eigenvalue weighted by Gasteiger charge is 2.32. The average Bonchev–Trinajstić information content (AvgIpc) is 3.33. The molecule has 11 nitrogen and oxygen atoms in total. The van der Waals surface area contributed by atoms with Gasteiger partial charge < -0.3 is 19.1 Å². The fourth-order valence-electron chi connectivity index (χ4n) is 4.39. The highest BCUT2D eigenvalue weighted by atomic mass is 31.2. The van der Waals surface area contributed by atoms with Crippen LogP contribution < -0.4 is 9.64 Å². The maximum atomic E-state index is 12.8. The molecule has 1 N–H and O–H groups in total. The zero-order valence-electron chi connectivity index (χ0n) is 24.2. The van der Waals surface area contributed by atoms with Gasteiger partial charge in [-0.2, -0.15) is 5.26 Å². The van der Waals surface area contributed by atoms with Crippen molar-refractivity contribution in [3.8, 4) is 34.1 Å². The second-order valence-electron chi connectivity index (χ2n) is 10.5. The highest BCUT2D eigenvalue weighted by molar-refractivity contribution is 7.47. The minimum absolute atomic E-state index is 0.229. The van der Waals surface area contributed by atoms with Crippen LogP contribution in [0.3, 0.4) is 0 Å². The molecule has 2 unspecified atom stereocenters. The standard InChI is InChI=1S/C30H32N5O6P/c1-8-28(36)34(6)24-12-21(13-25(15-24)39-7)22-14-26-27(20-9-10-32-23(11-20)16-31)18-35(29(26)33-17-22)19(2)40-42(37,38)41-30(3,4)5/h8-15,17-19H,1H2,2-7H3,(H,37,38). The number of hydrogen-bond acceptors (Lipinski definition) is 8. The summed E-state index contributed by atoms with van der Waals surface area (Å²) < 4.78 is 30.7. The molecule has 218 valence electrons. The monoisotopic (exact) mass is 589 g/mol. The van der Waals surface area contributed by atoms with Crippen molar-refractivity contribution in [2.24, 2.45) is 0 Å². The van der Waals surface area contributed by atoms with Crippen molar-refractivity contribution in [1.82, 2.24) is 14.5 Å². The number of rotatable bonds is 9. The number of ether oxygens (including phenoxy) is 1. The van der Waals surface area contributed by atoms with E-state index in [0.717, 1.165) is 5.56 Å². The van der Waals surface area contributed by atoms with Crippen molar-refractivity contribution in [2.75, 3.05) is 19.1 Å². The number of pyridine rings is 2. The van der Waals surface area contributed by atoms with Gasteiger partial charge in [-0.25, -0.2) is 14.5 Å². The number of phosphoric ester groups is 1. The first-order valence-electron chi connectivity index (χ1n) is 12.9. The largest absolute Gasteiger partial charge is 0.497 e. The van der Waals surface area contributed by atoms with Gasteiger partial charge in [0.25, 0.3) is 0 Å². The summed E-state index contributed by atoms with van der Waals surface area (Å²) in [7, 11) is -1.25. The van der Waals surface area contributed by atoms with Crippen LogP contribution in [0.4, 0.5) is 5.69 Å². The van der Waals surface area contributed by atoms with Crippen LogP contribution in [0.1, 0.15) is 39.6 Å². The van der Waals surface area contributed by atoms with Gasteiger partial charge in [0, 0.05) is 53.9 Å². The van der Waals surface area contributed by atoms with Crippen LogP contribution in [0.2, 0.25) is 0 Å². The quantitative estimate of drug-likeness (QED) is 0.177. The summed E-state index contributed by atoms with van der Waals surface area (Å²) in [6.45, 7) is 10.1. The number of nitrogens with zero attached hydrogens (tertiary/aromatic N) is 5. The Kier molecular flexibility index (Phi) is 8.66. The van der Waals surface area contributed by atoms with Crippen molar-refractivity contribution < 1.29 is 28.0 Å². The fraction of sp³-hybridized carbons (Fsp3) is 0.267. The number of hydrogen-bond donors (Lipinski definition) is 1. The fourth-order valence-corrected chi connectivity index (χ4v) is 5.61. The summed E-state index contributed by atoms with van der Waals surface area (Å²) >= 11 is 0. The molecule has 4 aromatic rings. The van der Waals surface area contributed by atoms with Gasteiger partial charge in [-0.05, 0) is 75.2 Å². The van der Waals surface area contributed by atoms with Gasteiger partial charge in [0.1, 0.15) is 29.4 Å². The van der Waals surface area contributed by atoms with E-state index in [9.17, 15) is 19.5 Å². The van der Waals surface area contributed by atoms with Crippen molar-refractivity contribution in [1.29, 1.82) is 5.26 Å². The molecule has 3 aromatic heterocycles. The number of benzene rings is 1. The van der Waals surface area contributed by atoms with E-state index in [-0.39, 0.29) is 11.6 Å². The summed E-state index contributed by atoms with van der Waals surface area (Å²) in [5, 5.41) is 10.1. The van der Waals surface area contributed by atoms with E-state index in [1.807, 2.05) is 18.2 Å². The lowest BCUT2D eigenvalue weighted by Gasteiger charge is -2.25. The Morgan fingerprint density at radius 1 is 1.19 bits per heavy atom. The van der Waals surface area contributed by atoms with Gasteiger partial charge >= 0.3 is 7.82 Å². The van der Waals surface area contributed by atoms with Gasteiger partial charge in [-0.1, -0.05) is 6.58 Å². The zero-order chi connectivity index (χ0) is 30.8. The predicted molar refractivity (Wildman–Crippen MR) is 160 cm³/mol. The number of phosphoric acid groups is 1. The smallest absolute Gasteiger partial charge is 0.474 e. The maximum absolute atomic E-state index is 12.8. The van der Waals surface area contributed by atoms with E-state index >= 15 is 0 Å². The molecule has 0 saturated heterocycles. The van der Waals surface area contributed by atoms with Gasteiger partial charge in [-0.3, -0.25) is 13.8 Å². The molecule has 0 saturated carbocycles. The van der Waals surface area contributed by atoms with E-state index in [2.05, 4.69) is 17.6 Å². The van der Waals surface area contributed by atoms with Crippen LogP contribution in [0, 0.1) is 11.3 Å². The molecule has 0 fully saturated rings. The number of methoxy groups -OCH3 is 1. The molecule has 1 amide bonds. The average molecular weight is 590 g/mol. The third-order valence-electron chi connectivity index (χ3n) is 6.27.